The van der Waals surface area contributed by atoms with Gasteiger partial charge in [-0.3, -0.25) is 39.7 Å². The summed E-state index contributed by atoms with van der Waals surface area (Å²) in [6.07, 6.45) is 1.74. The highest BCUT2D eigenvalue weighted by molar-refractivity contribution is 6.33. The molecule has 0 saturated carbocycles. The lowest BCUT2D eigenvalue weighted by atomic mass is 9.55. The first-order chi connectivity index (χ1) is 20.9. The average molecular weight is 600 g/mol. The second-order valence-corrected chi connectivity index (χ2v) is 11.5. The van der Waals surface area contributed by atoms with Crippen molar-refractivity contribution in [1.82, 2.24) is 15.8 Å². The van der Waals surface area contributed by atoms with Crippen LogP contribution in [0, 0.1) is 11.8 Å². The molecule has 1 aliphatic heterocycles. The van der Waals surface area contributed by atoms with E-state index in [1.165, 1.54) is 11.0 Å². The number of hydrogen-bond donors (Lipinski definition) is 2. The molecule has 1 saturated heterocycles. The van der Waals surface area contributed by atoms with E-state index in [0.29, 0.717) is 25.8 Å². The lowest BCUT2D eigenvalue weighted by molar-refractivity contribution is -0.148. The van der Waals surface area contributed by atoms with Crippen LogP contribution in [0.15, 0.2) is 72.8 Å². The first kappa shape index (κ1) is 28.6. The van der Waals surface area contributed by atoms with E-state index in [2.05, 4.69) is 35.1 Å². The van der Waals surface area contributed by atoms with Crippen molar-refractivity contribution in [2.24, 2.45) is 11.8 Å². The minimum absolute atomic E-state index is 0.0845. The van der Waals surface area contributed by atoms with E-state index in [1.54, 1.807) is 18.2 Å². The lowest BCUT2D eigenvalue weighted by Crippen LogP contribution is -2.43. The first-order valence-corrected chi connectivity index (χ1v) is 14.8. The number of nitrogens with one attached hydrogen (secondary N) is 2. The highest BCUT2D eigenvalue weighted by Gasteiger charge is 2.61. The average Bonchev–Trinajstić information content (AvgIpc) is 3.28. The van der Waals surface area contributed by atoms with Crippen molar-refractivity contribution in [1.29, 1.82) is 0 Å². The summed E-state index contributed by atoms with van der Waals surface area (Å²) in [5.41, 5.74) is 9.17. The molecule has 2 bridgehead atoms. The molecule has 1 fully saturated rings. The van der Waals surface area contributed by atoms with Gasteiger partial charge in [-0.1, -0.05) is 78.7 Å². The van der Waals surface area contributed by atoms with Crippen LogP contribution in [0.25, 0.3) is 0 Å². The fourth-order valence-electron chi connectivity index (χ4n) is 6.77. The van der Waals surface area contributed by atoms with E-state index in [4.69, 9.17) is 16.3 Å². The first-order valence-electron chi connectivity index (χ1n) is 14.4. The number of unbranched alkanes of at least 4 members (excludes halogenated alkanes) is 2. The third kappa shape index (κ3) is 5.29. The summed E-state index contributed by atoms with van der Waals surface area (Å²) in [4.78, 5) is 64.9. The fourth-order valence-corrected chi connectivity index (χ4v) is 6.99. The van der Waals surface area contributed by atoms with Gasteiger partial charge in [0.25, 0.3) is 11.8 Å². The summed E-state index contributed by atoms with van der Waals surface area (Å²) in [6, 6.07) is 22.7. The Kier molecular flexibility index (Phi) is 7.99. The zero-order chi connectivity index (χ0) is 30.1. The van der Waals surface area contributed by atoms with Crippen molar-refractivity contribution in [2.45, 2.75) is 37.5 Å². The number of nitrogens with zero attached hydrogens (tertiary/aromatic N) is 1. The van der Waals surface area contributed by atoms with Crippen LogP contribution in [0.3, 0.4) is 0 Å². The number of likely N-dealkylation sites (tertiary alicyclic amines) is 1. The Hall–Kier alpha value is -4.50. The SMILES string of the molecule is O=C(COC(=O)CCCCCN1C(=O)[C@@H]2C3c4ccccc4C(c4ccccc43)[C@H]2C1=O)NNC(=O)c1ccccc1Cl. The quantitative estimate of drug-likeness (QED) is 0.165. The summed E-state index contributed by atoms with van der Waals surface area (Å²) >= 11 is 5.96. The highest BCUT2D eigenvalue weighted by Crippen LogP contribution is 2.60. The number of ether oxygens (including phenoxy) is 1. The summed E-state index contributed by atoms with van der Waals surface area (Å²) in [6.45, 7) is -0.242. The number of amides is 4. The van der Waals surface area contributed by atoms with Gasteiger partial charge < -0.3 is 4.74 Å². The van der Waals surface area contributed by atoms with E-state index in [0.717, 1.165) is 22.3 Å². The lowest BCUT2D eigenvalue weighted by Gasteiger charge is -2.45. The topological polar surface area (TPSA) is 122 Å². The highest BCUT2D eigenvalue weighted by atomic mass is 35.5. The minimum atomic E-state index is -0.695. The Labute approximate surface area is 253 Å². The molecule has 10 heteroatoms. The monoisotopic (exact) mass is 599 g/mol. The van der Waals surface area contributed by atoms with Crippen LogP contribution in [0.4, 0.5) is 0 Å². The molecule has 3 aromatic rings. The van der Waals surface area contributed by atoms with Crippen molar-refractivity contribution < 1.29 is 28.7 Å². The third-order valence-electron chi connectivity index (χ3n) is 8.60. The molecule has 43 heavy (non-hydrogen) atoms. The van der Waals surface area contributed by atoms with E-state index in [-0.39, 0.29) is 40.7 Å². The molecule has 0 radical (unpaired) electrons. The number of imide groups is 1. The molecule has 2 atom stereocenters. The molecule has 0 spiro atoms. The minimum Gasteiger partial charge on any atom is -0.455 e. The van der Waals surface area contributed by atoms with Gasteiger partial charge in [0.05, 0.1) is 22.4 Å². The smallest absolute Gasteiger partial charge is 0.306 e. The Bertz CT molecular complexity index is 1510. The van der Waals surface area contributed by atoms with Gasteiger partial charge in [0, 0.05) is 24.8 Å². The second kappa shape index (κ2) is 12.0. The molecule has 9 nitrogen and oxygen atoms in total. The normalized spacial score (nSPS) is 21.1. The van der Waals surface area contributed by atoms with Gasteiger partial charge in [-0.15, -0.1) is 0 Å². The van der Waals surface area contributed by atoms with Crippen LogP contribution in [0.5, 0.6) is 0 Å². The fraction of sp³-hybridized carbons (Fsp3) is 0.303. The van der Waals surface area contributed by atoms with Gasteiger partial charge in [0.2, 0.25) is 11.8 Å². The molecule has 2 N–H and O–H groups in total. The van der Waals surface area contributed by atoms with Crippen molar-refractivity contribution in [2.75, 3.05) is 13.2 Å². The number of halogens is 1. The zero-order valence-corrected chi connectivity index (χ0v) is 24.0. The van der Waals surface area contributed by atoms with Gasteiger partial charge >= 0.3 is 5.97 Å². The molecule has 0 unspecified atom stereocenters. The molecule has 4 aliphatic rings. The molecule has 4 amide bonds. The van der Waals surface area contributed by atoms with E-state index in [1.807, 2.05) is 24.3 Å². The summed E-state index contributed by atoms with van der Waals surface area (Å²) < 4.78 is 4.99. The molecule has 1 heterocycles. The predicted molar refractivity (Wildman–Crippen MR) is 157 cm³/mol. The van der Waals surface area contributed by atoms with Crippen LogP contribution < -0.4 is 10.9 Å². The van der Waals surface area contributed by atoms with Crippen molar-refractivity contribution >= 4 is 41.2 Å². The summed E-state index contributed by atoms with van der Waals surface area (Å²) in [7, 11) is 0. The Morgan fingerprint density at radius 3 is 1.81 bits per heavy atom. The maximum atomic E-state index is 13.6. The van der Waals surface area contributed by atoms with Crippen LogP contribution in [-0.4, -0.2) is 47.6 Å². The molecule has 3 aromatic carbocycles. The Morgan fingerprint density at radius 1 is 0.721 bits per heavy atom. The molecule has 0 aromatic heterocycles. The Balaban J connectivity index is 0.955. The van der Waals surface area contributed by atoms with Gasteiger partial charge in [0.1, 0.15) is 0 Å². The van der Waals surface area contributed by atoms with Crippen LogP contribution in [0.1, 0.15) is 70.1 Å². The Morgan fingerprint density at radius 2 is 1.26 bits per heavy atom. The van der Waals surface area contributed by atoms with Crippen LogP contribution in [0.2, 0.25) is 5.02 Å². The molecular formula is C33H30ClN3O6. The number of hydrazine groups is 1. The number of carbonyl (C=O) groups excluding carboxylic acids is 5. The van der Waals surface area contributed by atoms with Crippen molar-refractivity contribution in [3.8, 4) is 0 Å². The number of carbonyl (C=O) groups is 5. The van der Waals surface area contributed by atoms with Gasteiger partial charge in [-0.25, -0.2) is 0 Å². The van der Waals surface area contributed by atoms with Gasteiger partial charge in [0.15, 0.2) is 6.61 Å². The summed E-state index contributed by atoms with van der Waals surface area (Å²) in [5, 5.41) is 0.237. The molecule has 220 valence electrons. The number of esters is 1. The maximum absolute atomic E-state index is 13.6. The summed E-state index contributed by atoms with van der Waals surface area (Å²) in [5.74, 6) is -3.10. The number of benzene rings is 3. The predicted octanol–water partition coefficient (Wildman–Crippen LogP) is 4.10. The van der Waals surface area contributed by atoms with Gasteiger partial charge in [-0.05, 0) is 47.2 Å². The van der Waals surface area contributed by atoms with Crippen molar-refractivity contribution in [3.63, 3.8) is 0 Å². The van der Waals surface area contributed by atoms with Crippen LogP contribution in [-0.2, 0) is 23.9 Å². The van der Waals surface area contributed by atoms with E-state index in [9.17, 15) is 24.0 Å². The largest absolute Gasteiger partial charge is 0.455 e. The third-order valence-corrected chi connectivity index (χ3v) is 8.93. The van der Waals surface area contributed by atoms with E-state index < -0.39 is 36.2 Å². The van der Waals surface area contributed by atoms with Crippen LogP contribution >= 0.6 is 11.6 Å². The standard InChI is InChI=1S/C33H30ClN3O6/c34-24-15-8-7-14-23(24)31(40)36-35-25(38)18-43-26(39)16-2-1-9-17-37-32(41)29-27-19-10-3-4-11-20(19)28(30(29)33(37)42)22-13-6-5-12-21(22)27/h3-8,10-15,27-30H,1-2,9,16-18H2,(H,35,38)(H,36,40)/t27?,28?,29-,30-/m1/s1. The molecular weight excluding hydrogens is 570 g/mol. The molecule has 7 rings (SSSR count). The van der Waals surface area contributed by atoms with E-state index >= 15 is 0 Å². The maximum Gasteiger partial charge on any atom is 0.306 e. The zero-order valence-electron chi connectivity index (χ0n) is 23.3. The second-order valence-electron chi connectivity index (χ2n) is 11.0. The van der Waals surface area contributed by atoms with Crippen molar-refractivity contribution in [3.05, 3.63) is 106 Å². The number of hydrogen-bond acceptors (Lipinski definition) is 6. The van der Waals surface area contributed by atoms with Gasteiger partial charge in [-0.2, -0.15) is 0 Å². The number of rotatable bonds is 9. The molecule has 3 aliphatic carbocycles.